The third-order valence-electron chi connectivity index (χ3n) is 6.72. The van der Waals surface area contributed by atoms with Gasteiger partial charge in [-0.2, -0.15) is 23.0 Å². The second kappa shape index (κ2) is 6.67. The second-order valence-corrected chi connectivity index (χ2v) is 10.6. The van der Waals surface area contributed by atoms with Gasteiger partial charge in [-0.05, 0) is 55.2 Å². The Labute approximate surface area is 169 Å². The van der Waals surface area contributed by atoms with Gasteiger partial charge < -0.3 is 5.11 Å². The van der Waals surface area contributed by atoms with Gasteiger partial charge in [0.15, 0.2) is 0 Å². The van der Waals surface area contributed by atoms with Gasteiger partial charge in [0.05, 0.1) is 17.3 Å². The molecule has 3 aliphatic rings. The highest BCUT2D eigenvalue weighted by Crippen LogP contribution is 2.60. The number of H-pyrrole nitrogens is 1. The Morgan fingerprint density at radius 2 is 1.86 bits per heavy atom. The Hall–Kier alpha value is -1.19. The molecule has 9 heteroatoms. The zero-order valence-corrected chi connectivity index (χ0v) is 17.1. The Morgan fingerprint density at radius 3 is 2.57 bits per heavy atom. The molecule has 0 bridgehead atoms. The van der Waals surface area contributed by atoms with E-state index in [9.17, 15) is 13.5 Å². The fourth-order valence-electron chi connectivity index (χ4n) is 5.31. The van der Waals surface area contributed by atoms with Crippen LogP contribution in [-0.4, -0.2) is 35.8 Å². The second-order valence-electron chi connectivity index (χ2n) is 8.65. The van der Waals surface area contributed by atoms with Crippen LogP contribution in [0.3, 0.4) is 0 Å². The molecule has 0 aliphatic heterocycles. The highest BCUT2D eigenvalue weighted by atomic mass is 35.5. The van der Waals surface area contributed by atoms with Gasteiger partial charge >= 0.3 is 0 Å². The van der Waals surface area contributed by atoms with Crippen LogP contribution in [0.1, 0.15) is 50.5 Å². The first-order chi connectivity index (χ1) is 13.3. The Bertz CT molecular complexity index is 990. The predicted molar refractivity (Wildman–Crippen MR) is 107 cm³/mol. The van der Waals surface area contributed by atoms with Gasteiger partial charge in [0.25, 0.3) is 10.2 Å². The van der Waals surface area contributed by atoms with Crippen molar-refractivity contribution in [3.8, 4) is 0 Å². The van der Waals surface area contributed by atoms with Crippen molar-refractivity contribution < 1.29 is 13.5 Å². The maximum atomic E-state index is 12.5. The number of hydrogen-bond donors (Lipinski definition) is 4. The van der Waals surface area contributed by atoms with Crippen LogP contribution in [0.15, 0.2) is 18.3 Å². The summed E-state index contributed by atoms with van der Waals surface area (Å²) >= 11 is 6.22. The number of nitrogens with zero attached hydrogens (tertiary/aromatic N) is 1. The van der Waals surface area contributed by atoms with E-state index in [0.717, 1.165) is 42.1 Å². The number of halogens is 1. The van der Waals surface area contributed by atoms with E-state index in [4.69, 9.17) is 11.6 Å². The van der Waals surface area contributed by atoms with Crippen molar-refractivity contribution in [1.29, 1.82) is 0 Å². The standard InChI is InChI=1S/C19H25ClN4O3S/c20-11-6-16(15-10-21-22-17(15)7-11)19(25)8-13-14(9-19)18(13)24-28(26,27)23-12-4-2-1-3-5-12/h6-7,10,12-14,18,23-25H,1-5,8-9H2,(H,21,22)/t13-,14+,18+,19-. The topological polar surface area (TPSA) is 107 Å². The summed E-state index contributed by atoms with van der Waals surface area (Å²) < 4.78 is 30.6. The molecule has 28 heavy (non-hydrogen) atoms. The van der Waals surface area contributed by atoms with Crippen LogP contribution in [-0.2, 0) is 15.8 Å². The average molecular weight is 425 g/mol. The quantitative estimate of drug-likeness (QED) is 0.591. The predicted octanol–water partition coefficient (Wildman–Crippen LogP) is 2.57. The summed E-state index contributed by atoms with van der Waals surface area (Å²) in [6.45, 7) is 0. The first-order valence-corrected chi connectivity index (χ1v) is 11.9. The van der Waals surface area contributed by atoms with E-state index in [1.807, 2.05) is 0 Å². The van der Waals surface area contributed by atoms with E-state index in [1.54, 1.807) is 18.3 Å². The van der Waals surface area contributed by atoms with Crippen LogP contribution in [0.25, 0.3) is 10.9 Å². The molecule has 0 saturated heterocycles. The van der Waals surface area contributed by atoms with Gasteiger partial charge in [0.2, 0.25) is 0 Å². The zero-order chi connectivity index (χ0) is 19.5. The van der Waals surface area contributed by atoms with Gasteiger partial charge in [0.1, 0.15) is 0 Å². The molecule has 0 unspecified atom stereocenters. The molecule has 3 fully saturated rings. The molecule has 2 aromatic rings. The number of aromatic amines is 1. The minimum atomic E-state index is -3.51. The highest BCUT2D eigenvalue weighted by Gasteiger charge is 2.62. The molecule has 1 aromatic carbocycles. The van der Waals surface area contributed by atoms with E-state index < -0.39 is 15.8 Å². The van der Waals surface area contributed by atoms with Gasteiger partial charge in [-0.3, -0.25) is 5.10 Å². The molecule has 4 atom stereocenters. The molecular formula is C19H25ClN4O3S. The molecule has 7 nitrogen and oxygen atoms in total. The van der Waals surface area contributed by atoms with Gasteiger partial charge in [-0.15, -0.1) is 0 Å². The third-order valence-corrected chi connectivity index (χ3v) is 8.17. The van der Waals surface area contributed by atoms with Gasteiger partial charge in [-0.25, -0.2) is 0 Å². The Morgan fingerprint density at radius 1 is 1.14 bits per heavy atom. The monoisotopic (exact) mass is 424 g/mol. The Kier molecular flexibility index (Phi) is 4.48. The van der Waals surface area contributed by atoms with Crippen LogP contribution in [0, 0.1) is 11.8 Å². The smallest absolute Gasteiger partial charge is 0.277 e. The SMILES string of the molecule is O=S(=O)(NC1CCCCC1)N[C@H]1[C@@H]2C[C@](O)(c3cc(Cl)cc4[nH]ncc34)C[C@@H]21. The molecule has 3 saturated carbocycles. The van der Waals surface area contributed by atoms with E-state index in [0.29, 0.717) is 17.9 Å². The summed E-state index contributed by atoms with van der Waals surface area (Å²) in [5, 5.41) is 19.7. The van der Waals surface area contributed by atoms with Crippen molar-refractivity contribution in [1.82, 2.24) is 19.6 Å². The number of rotatable bonds is 5. The lowest BCUT2D eigenvalue weighted by Crippen LogP contribution is -2.45. The number of nitrogens with one attached hydrogen (secondary N) is 3. The van der Waals surface area contributed by atoms with Crippen LogP contribution >= 0.6 is 11.6 Å². The molecule has 1 heterocycles. The summed E-state index contributed by atoms with van der Waals surface area (Å²) in [6.07, 6.45) is 7.92. The summed E-state index contributed by atoms with van der Waals surface area (Å²) in [4.78, 5) is 0. The number of benzene rings is 1. The number of aliphatic hydroxyl groups is 1. The molecule has 0 amide bonds. The largest absolute Gasteiger partial charge is 0.385 e. The molecule has 1 aromatic heterocycles. The Balaban J connectivity index is 1.27. The lowest BCUT2D eigenvalue weighted by atomic mass is 9.86. The van der Waals surface area contributed by atoms with Crippen molar-refractivity contribution >= 4 is 32.7 Å². The van der Waals surface area contributed by atoms with Crippen molar-refractivity contribution in [2.24, 2.45) is 11.8 Å². The minimum absolute atomic E-state index is 0.0441. The van der Waals surface area contributed by atoms with Crippen molar-refractivity contribution in [3.63, 3.8) is 0 Å². The molecule has 0 radical (unpaired) electrons. The van der Waals surface area contributed by atoms with Gasteiger partial charge in [0, 0.05) is 22.5 Å². The summed E-state index contributed by atoms with van der Waals surface area (Å²) in [6, 6.07) is 3.54. The van der Waals surface area contributed by atoms with E-state index in [1.165, 1.54) is 6.42 Å². The van der Waals surface area contributed by atoms with Crippen LogP contribution in [0.5, 0.6) is 0 Å². The first kappa shape index (κ1) is 18.8. The number of hydrogen-bond acceptors (Lipinski definition) is 4. The number of aromatic nitrogens is 2. The molecule has 3 aliphatic carbocycles. The maximum Gasteiger partial charge on any atom is 0.277 e. The van der Waals surface area contributed by atoms with Crippen LogP contribution in [0.2, 0.25) is 5.02 Å². The highest BCUT2D eigenvalue weighted by molar-refractivity contribution is 7.87. The lowest BCUT2D eigenvalue weighted by molar-refractivity contribution is 0.0303. The first-order valence-electron chi connectivity index (χ1n) is 10.00. The third kappa shape index (κ3) is 3.35. The number of fused-ring (bicyclic) bond motifs is 2. The van der Waals surface area contributed by atoms with Gasteiger partial charge in [-0.1, -0.05) is 30.9 Å². The molecule has 5 rings (SSSR count). The summed E-state index contributed by atoms with van der Waals surface area (Å²) in [7, 11) is -3.51. The molecule has 0 spiro atoms. The van der Waals surface area contributed by atoms with E-state index >= 15 is 0 Å². The van der Waals surface area contributed by atoms with Crippen molar-refractivity contribution in [2.45, 2.75) is 62.6 Å². The van der Waals surface area contributed by atoms with E-state index in [2.05, 4.69) is 19.6 Å². The zero-order valence-electron chi connectivity index (χ0n) is 15.5. The fourth-order valence-corrected chi connectivity index (χ4v) is 6.98. The van der Waals surface area contributed by atoms with Crippen LogP contribution in [0.4, 0.5) is 0 Å². The van der Waals surface area contributed by atoms with Crippen molar-refractivity contribution in [2.75, 3.05) is 0 Å². The van der Waals surface area contributed by atoms with E-state index in [-0.39, 0.29) is 23.9 Å². The lowest BCUT2D eigenvalue weighted by Gasteiger charge is -2.28. The summed E-state index contributed by atoms with van der Waals surface area (Å²) in [5.74, 6) is 0.294. The van der Waals surface area contributed by atoms with Crippen LogP contribution < -0.4 is 9.44 Å². The normalized spacial score (nSPS) is 33.3. The minimum Gasteiger partial charge on any atom is -0.385 e. The molecule has 4 N–H and O–H groups in total. The summed E-state index contributed by atoms with van der Waals surface area (Å²) in [5.41, 5.74) is 0.574. The maximum absolute atomic E-state index is 12.5. The van der Waals surface area contributed by atoms with Crippen molar-refractivity contribution in [3.05, 3.63) is 28.9 Å². The average Bonchev–Trinajstić information content (AvgIpc) is 3.03. The molecular weight excluding hydrogens is 400 g/mol. The molecule has 152 valence electrons. The fraction of sp³-hybridized carbons (Fsp3) is 0.632.